The Kier molecular flexibility index (Phi) is 4.54. The number of aromatic nitrogens is 2. The molecule has 0 aromatic carbocycles. The van der Waals surface area contributed by atoms with Gasteiger partial charge in [0.25, 0.3) is 5.91 Å². The normalized spacial score (nSPS) is 21.3. The maximum atomic E-state index is 11.8. The van der Waals surface area contributed by atoms with Crippen LogP contribution in [0.15, 0.2) is 4.52 Å². The second-order valence-corrected chi connectivity index (χ2v) is 5.86. The highest BCUT2D eigenvalue weighted by molar-refractivity contribution is 6.04. The number of hydrogen-bond donors (Lipinski definition) is 3. The first kappa shape index (κ1) is 15.4. The van der Waals surface area contributed by atoms with Crippen LogP contribution in [0.1, 0.15) is 56.2 Å². The molecule has 2 fully saturated rings. The first-order valence-electron chi connectivity index (χ1n) is 7.82. The average Bonchev–Trinajstić information content (AvgIpc) is 3.24. The van der Waals surface area contributed by atoms with Crippen LogP contribution in [0.25, 0.3) is 0 Å². The van der Waals surface area contributed by atoms with Gasteiger partial charge in [0.05, 0.1) is 6.54 Å². The van der Waals surface area contributed by atoms with E-state index in [1.807, 2.05) is 0 Å². The second-order valence-electron chi connectivity index (χ2n) is 5.86. The Morgan fingerprint density at radius 1 is 1.30 bits per heavy atom. The molecule has 1 aliphatic carbocycles. The highest BCUT2D eigenvalue weighted by Crippen LogP contribution is 2.32. The predicted molar refractivity (Wildman–Crippen MR) is 77.1 cm³/mol. The first-order chi connectivity index (χ1) is 11.1. The molecule has 3 N–H and O–H groups in total. The summed E-state index contributed by atoms with van der Waals surface area (Å²) < 4.78 is 5.24. The van der Waals surface area contributed by atoms with Gasteiger partial charge in [0, 0.05) is 12.3 Å². The fraction of sp³-hybridized carbons (Fsp3) is 0.643. The minimum atomic E-state index is -0.646. The molecule has 1 saturated carbocycles. The van der Waals surface area contributed by atoms with Gasteiger partial charge in [-0.2, -0.15) is 4.98 Å². The molecule has 2 heterocycles. The van der Waals surface area contributed by atoms with E-state index in [0.717, 1.165) is 12.8 Å². The van der Waals surface area contributed by atoms with Gasteiger partial charge >= 0.3 is 6.03 Å². The lowest BCUT2D eigenvalue weighted by Gasteiger charge is -2.06. The molecule has 1 aromatic rings. The van der Waals surface area contributed by atoms with Crippen LogP contribution in [-0.4, -0.2) is 34.0 Å². The minimum absolute atomic E-state index is 0.131. The molecule has 2 aliphatic rings. The third-order valence-electron chi connectivity index (χ3n) is 4.15. The quantitative estimate of drug-likeness (QED) is 0.648. The molecular weight excluding hydrogens is 302 g/mol. The molecule has 1 atom stereocenters. The Bertz CT molecular complexity index is 608. The van der Waals surface area contributed by atoms with Gasteiger partial charge in [-0.25, -0.2) is 4.79 Å². The average molecular weight is 321 g/mol. The Hall–Kier alpha value is -2.45. The maximum Gasteiger partial charge on any atom is 0.322 e. The molecule has 0 radical (unpaired) electrons. The van der Waals surface area contributed by atoms with Gasteiger partial charge in [-0.1, -0.05) is 18.0 Å². The molecule has 9 heteroatoms. The lowest BCUT2D eigenvalue weighted by atomic mass is 10.1. The fourth-order valence-electron chi connectivity index (χ4n) is 2.88. The SMILES string of the molecule is O=C(CC[C@@H]1NC(=O)NC1=O)NCc1noc(C2CCCC2)n1. The molecule has 23 heavy (non-hydrogen) atoms. The summed E-state index contributed by atoms with van der Waals surface area (Å²) in [7, 11) is 0. The van der Waals surface area contributed by atoms with Crippen molar-refractivity contribution >= 4 is 17.8 Å². The standard InChI is InChI=1S/C14H19N5O4/c20-11(6-5-9-12(21)18-14(22)16-9)15-7-10-17-13(23-19-10)8-3-1-2-4-8/h8-9H,1-7H2,(H,15,20)(H2,16,18,21,22)/t9-/m0/s1. The number of rotatable bonds is 6. The predicted octanol–water partition coefficient (Wildman–Crippen LogP) is 0.332. The van der Waals surface area contributed by atoms with Crippen molar-refractivity contribution in [3.8, 4) is 0 Å². The van der Waals surface area contributed by atoms with E-state index in [1.54, 1.807) is 0 Å². The molecule has 1 aliphatic heterocycles. The van der Waals surface area contributed by atoms with Gasteiger partial charge in [0.1, 0.15) is 6.04 Å². The zero-order valence-electron chi connectivity index (χ0n) is 12.6. The van der Waals surface area contributed by atoms with Crippen LogP contribution in [0.4, 0.5) is 4.79 Å². The monoisotopic (exact) mass is 321 g/mol. The van der Waals surface area contributed by atoms with E-state index in [2.05, 4.69) is 26.1 Å². The number of urea groups is 1. The Balaban J connectivity index is 1.40. The maximum absolute atomic E-state index is 11.8. The van der Waals surface area contributed by atoms with Crippen molar-refractivity contribution in [3.05, 3.63) is 11.7 Å². The summed E-state index contributed by atoms with van der Waals surface area (Å²) in [5.41, 5.74) is 0. The molecule has 0 unspecified atom stereocenters. The smallest absolute Gasteiger partial charge is 0.322 e. The Morgan fingerprint density at radius 3 is 2.78 bits per heavy atom. The van der Waals surface area contributed by atoms with Crippen LogP contribution < -0.4 is 16.0 Å². The highest BCUT2D eigenvalue weighted by Gasteiger charge is 2.29. The number of nitrogens with one attached hydrogen (secondary N) is 3. The van der Waals surface area contributed by atoms with Crippen molar-refractivity contribution in [1.82, 2.24) is 26.1 Å². The van der Waals surface area contributed by atoms with Gasteiger partial charge < -0.3 is 15.2 Å². The van der Waals surface area contributed by atoms with Crippen LogP contribution >= 0.6 is 0 Å². The summed E-state index contributed by atoms with van der Waals surface area (Å²) in [6.45, 7) is 0.193. The van der Waals surface area contributed by atoms with Crippen molar-refractivity contribution in [2.24, 2.45) is 0 Å². The van der Waals surface area contributed by atoms with Gasteiger partial charge in [-0.3, -0.25) is 14.9 Å². The van der Waals surface area contributed by atoms with Gasteiger partial charge in [-0.05, 0) is 19.3 Å². The third-order valence-corrected chi connectivity index (χ3v) is 4.15. The summed E-state index contributed by atoms with van der Waals surface area (Å²) in [6, 6.07) is -1.17. The number of imide groups is 1. The number of hydrogen-bond acceptors (Lipinski definition) is 6. The number of amides is 4. The highest BCUT2D eigenvalue weighted by atomic mass is 16.5. The molecule has 9 nitrogen and oxygen atoms in total. The largest absolute Gasteiger partial charge is 0.349 e. The summed E-state index contributed by atoms with van der Waals surface area (Å²) in [5.74, 6) is 0.814. The van der Waals surface area contributed by atoms with Crippen LogP contribution in [0.3, 0.4) is 0 Å². The summed E-state index contributed by atoms with van der Waals surface area (Å²) in [4.78, 5) is 38.4. The van der Waals surface area contributed by atoms with E-state index in [1.165, 1.54) is 12.8 Å². The van der Waals surface area contributed by atoms with Gasteiger partial charge in [0.15, 0.2) is 5.82 Å². The second kappa shape index (κ2) is 6.76. The molecule has 1 aromatic heterocycles. The van der Waals surface area contributed by atoms with Crippen molar-refractivity contribution in [2.75, 3.05) is 0 Å². The minimum Gasteiger partial charge on any atom is -0.349 e. The molecule has 3 rings (SSSR count). The van der Waals surface area contributed by atoms with Crippen LogP contribution in [0, 0.1) is 0 Å². The molecule has 0 bridgehead atoms. The Morgan fingerprint density at radius 2 is 2.09 bits per heavy atom. The van der Waals surface area contributed by atoms with E-state index < -0.39 is 18.0 Å². The molecule has 0 spiro atoms. The van der Waals surface area contributed by atoms with Crippen molar-refractivity contribution < 1.29 is 18.9 Å². The molecule has 1 saturated heterocycles. The Labute approximate surface area is 132 Å². The van der Waals surface area contributed by atoms with Gasteiger partial charge in [-0.15, -0.1) is 0 Å². The molecule has 124 valence electrons. The van der Waals surface area contributed by atoms with E-state index in [4.69, 9.17) is 4.52 Å². The zero-order chi connectivity index (χ0) is 16.2. The topological polar surface area (TPSA) is 126 Å². The number of carbonyl (C=O) groups is 3. The van der Waals surface area contributed by atoms with Crippen LogP contribution in [0.5, 0.6) is 0 Å². The number of nitrogens with zero attached hydrogens (tertiary/aromatic N) is 2. The third kappa shape index (κ3) is 3.85. The van der Waals surface area contributed by atoms with Crippen molar-refractivity contribution in [3.63, 3.8) is 0 Å². The van der Waals surface area contributed by atoms with E-state index in [9.17, 15) is 14.4 Å². The van der Waals surface area contributed by atoms with Crippen molar-refractivity contribution in [2.45, 2.75) is 57.0 Å². The van der Waals surface area contributed by atoms with E-state index in [0.29, 0.717) is 17.6 Å². The van der Waals surface area contributed by atoms with E-state index >= 15 is 0 Å². The van der Waals surface area contributed by atoms with Crippen LogP contribution in [0.2, 0.25) is 0 Å². The van der Waals surface area contributed by atoms with Crippen molar-refractivity contribution in [1.29, 1.82) is 0 Å². The summed E-state index contributed by atoms with van der Waals surface area (Å²) in [5, 5.41) is 11.1. The first-order valence-corrected chi connectivity index (χ1v) is 7.82. The fourth-order valence-corrected chi connectivity index (χ4v) is 2.88. The van der Waals surface area contributed by atoms with Gasteiger partial charge in [0.2, 0.25) is 11.8 Å². The number of carbonyl (C=O) groups excluding carboxylic acids is 3. The summed E-state index contributed by atoms with van der Waals surface area (Å²) >= 11 is 0. The van der Waals surface area contributed by atoms with E-state index in [-0.39, 0.29) is 25.3 Å². The molecular formula is C14H19N5O4. The lowest BCUT2D eigenvalue weighted by molar-refractivity contribution is -0.122. The lowest BCUT2D eigenvalue weighted by Crippen LogP contribution is -2.31. The van der Waals surface area contributed by atoms with Crippen LogP contribution in [-0.2, 0) is 16.1 Å². The molecule has 4 amide bonds. The summed E-state index contributed by atoms with van der Waals surface area (Å²) in [6.07, 6.45) is 4.90. The zero-order valence-corrected chi connectivity index (χ0v) is 12.6.